The molecule has 0 aliphatic heterocycles. The molecule has 90 valence electrons. The van der Waals surface area contributed by atoms with Crippen LogP contribution >= 0.6 is 55.2 Å². The van der Waals surface area contributed by atoms with Crippen molar-refractivity contribution in [3.8, 4) is 6.19 Å². The smallest absolute Gasteiger partial charge is 0.183 e. The minimum Gasteiger partial charge on any atom is -0.271 e. The topological polar surface area (TPSA) is 48.2 Å². The molecule has 17 heavy (non-hydrogen) atoms. The summed E-state index contributed by atoms with van der Waals surface area (Å²) in [4.78, 5) is 4.17. The molecule has 0 radical (unpaired) electrons. The highest BCUT2D eigenvalue weighted by Crippen LogP contribution is 2.40. The van der Waals surface area contributed by atoms with E-state index < -0.39 is 5.82 Å². The standard InChI is InChI=1S/C9H5Br2ClFN3S/c1-17-9(15-3-14)16-8-4(10)2-5(13)7(12)6(8)11/h2H,1H3,(H,15,16). The molecule has 0 fully saturated rings. The number of hydrogen-bond donors (Lipinski definition) is 1. The van der Waals surface area contributed by atoms with E-state index in [2.05, 4.69) is 42.2 Å². The normalized spacial score (nSPS) is 11.2. The van der Waals surface area contributed by atoms with Crippen LogP contribution in [0.2, 0.25) is 5.02 Å². The highest BCUT2D eigenvalue weighted by atomic mass is 79.9. The van der Waals surface area contributed by atoms with Crippen molar-refractivity contribution in [3.63, 3.8) is 0 Å². The van der Waals surface area contributed by atoms with Crippen LogP contribution < -0.4 is 5.32 Å². The molecule has 3 nitrogen and oxygen atoms in total. The first kappa shape index (κ1) is 14.8. The molecule has 1 rings (SSSR count). The van der Waals surface area contributed by atoms with Crippen LogP contribution in [0.1, 0.15) is 0 Å². The Morgan fingerprint density at radius 3 is 2.82 bits per heavy atom. The number of thioether (sulfide) groups is 1. The molecule has 0 heterocycles. The van der Waals surface area contributed by atoms with Gasteiger partial charge in [-0.05, 0) is 44.2 Å². The first-order valence-electron chi connectivity index (χ1n) is 4.12. The average molecular weight is 401 g/mol. The summed E-state index contributed by atoms with van der Waals surface area (Å²) < 4.78 is 14.0. The van der Waals surface area contributed by atoms with Gasteiger partial charge in [0.2, 0.25) is 0 Å². The number of benzene rings is 1. The Morgan fingerprint density at radius 2 is 2.29 bits per heavy atom. The molecule has 0 unspecified atom stereocenters. The second-order valence-corrected chi connectivity index (χ2v) is 5.49. The van der Waals surface area contributed by atoms with Gasteiger partial charge in [0.15, 0.2) is 11.4 Å². The lowest BCUT2D eigenvalue weighted by Gasteiger charge is -2.07. The summed E-state index contributed by atoms with van der Waals surface area (Å²) in [5.41, 5.74) is 0.420. The summed E-state index contributed by atoms with van der Waals surface area (Å²) in [6.45, 7) is 0. The van der Waals surface area contributed by atoms with E-state index in [9.17, 15) is 4.39 Å². The summed E-state index contributed by atoms with van der Waals surface area (Å²) in [6, 6.07) is 1.22. The zero-order valence-corrected chi connectivity index (χ0v) is 13.1. The zero-order chi connectivity index (χ0) is 13.0. The number of halogens is 4. The first-order valence-corrected chi connectivity index (χ1v) is 7.31. The maximum atomic E-state index is 13.3. The third-order valence-electron chi connectivity index (χ3n) is 1.66. The summed E-state index contributed by atoms with van der Waals surface area (Å²) in [5.74, 6) is -0.552. The Balaban J connectivity index is 3.33. The minimum absolute atomic E-state index is 0.0515. The third-order valence-corrected chi connectivity index (χ3v) is 4.21. The van der Waals surface area contributed by atoms with Crippen molar-refractivity contribution in [2.75, 3.05) is 6.26 Å². The van der Waals surface area contributed by atoms with E-state index in [1.54, 1.807) is 12.4 Å². The van der Waals surface area contributed by atoms with Gasteiger partial charge in [0.05, 0.1) is 15.2 Å². The lowest BCUT2D eigenvalue weighted by atomic mass is 10.3. The van der Waals surface area contributed by atoms with E-state index in [1.165, 1.54) is 17.8 Å². The minimum atomic E-state index is -0.552. The van der Waals surface area contributed by atoms with Crippen molar-refractivity contribution in [2.45, 2.75) is 0 Å². The molecule has 0 aliphatic carbocycles. The summed E-state index contributed by atoms with van der Waals surface area (Å²) >= 11 is 13.4. The highest BCUT2D eigenvalue weighted by Gasteiger charge is 2.14. The Labute approximate surface area is 124 Å². The van der Waals surface area contributed by atoms with Gasteiger partial charge in [0.25, 0.3) is 0 Å². The largest absolute Gasteiger partial charge is 0.271 e. The van der Waals surface area contributed by atoms with E-state index in [1.807, 2.05) is 0 Å². The van der Waals surface area contributed by atoms with Crippen molar-refractivity contribution < 1.29 is 4.39 Å². The van der Waals surface area contributed by atoms with Crippen molar-refractivity contribution in [2.24, 2.45) is 4.99 Å². The number of nitrogens with zero attached hydrogens (tertiary/aromatic N) is 2. The molecule has 8 heteroatoms. The molecule has 0 amide bonds. The van der Waals surface area contributed by atoms with Crippen LogP contribution in [0.15, 0.2) is 20.0 Å². The van der Waals surface area contributed by atoms with Crippen LogP contribution in [-0.2, 0) is 0 Å². The second-order valence-electron chi connectivity index (χ2n) is 2.67. The number of amidine groups is 1. The van der Waals surface area contributed by atoms with Crippen LogP contribution in [0.5, 0.6) is 0 Å². The molecular formula is C9H5Br2ClFN3S. The maximum Gasteiger partial charge on any atom is 0.183 e. The van der Waals surface area contributed by atoms with E-state index in [0.29, 0.717) is 19.8 Å². The fourth-order valence-corrected chi connectivity index (χ4v) is 2.65. The monoisotopic (exact) mass is 399 g/mol. The van der Waals surface area contributed by atoms with Crippen molar-refractivity contribution in [1.29, 1.82) is 5.26 Å². The van der Waals surface area contributed by atoms with Gasteiger partial charge < -0.3 is 0 Å². The van der Waals surface area contributed by atoms with Crippen molar-refractivity contribution in [1.82, 2.24) is 5.32 Å². The maximum absolute atomic E-state index is 13.3. The molecule has 1 aromatic carbocycles. The lowest BCUT2D eigenvalue weighted by molar-refractivity contribution is 0.626. The predicted octanol–water partition coefficient (Wildman–Crippen LogP) is 4.43. The number of rotatable bonds is 1. The van der Waals surface area contributed by atoms with Crippen LogP contribution in [0.25, 0.3) is 0 Å². The van der Waals surface area contributed by atoms with E-state index in [4.69, 9.17) is 16.9 Å². The van der Waals surface area contributed by atoms with Gasteiger partial charge in [0.1, 0.15) is 5.82 Å². The van der Waals surface area contributed by atoms with Crippen LogP contribution in [0.3, 0.4) is 0 Å². The van der Waals surface area contributed by atoms with Gasteiger partial charge in [-0.3, -0.25) is 5.32 Å². The molecule has 0 saturated carbocycles. The summed E-state index contributed by atoms with van der Waals surface area (Å²) in [5, 5.41) is 11.3. The molecule has 0 aliphatic rings. The molecule has 1 aromatic rings. The molecule has 0 saturated heterocycles. The van der Waals surface area contributed by atoms with E-state index in [-0.39, 0.29) is 5.02 Å². The molecule has 0 atom stereocenters. The van der Waals surface area contributed by atoms with Gasteiger partial charge in [0, 0.05) is 4.47 Å². The fourth-order valence-electron chi connectivity index (χ4n) is 0.933. The number of aliphatic imine (C=N–C) groups is 1. The average Bonchev–Trinajstić information content (AvgIpc) is 2.30. The first-order chi connectivity index (χ1) is 8.01. The van der Waals surface area contributed by atoms with Gasteiger partial charge in [-0.2, -0.15) is 5.26 Å². The lowest BCUT2D eigenvalue weighted by Crippen LogP contribution is -2.12. The quantitative estimate of drug-likeness (QED) is 0.189. The van der Waals surface area contributed by atoms with Gasteiger partial charge in [-0.15, -0.1) is 0 Å². The zero-order valence-electron chi connectivity index (χ0n) is 8.39. The third kappa shape index (κ3) is 3.58. The molecule has 0 spiro atoms. The Bertz CT molecular complexity index is 516. The number of nitrogens with one attached hydrogen (secondary N) is 1. The summed E-state index contributed by atoms with van der Waals surface area (Å²) in [7, 11) is 0. The van der Waals surface area contributed by atoms with E-state index >= 15 is 0 Å². The van der Waals surface area contributed by atoms with Crippen molar-refractivity contribution in [3.05, 3.63) is 25.9 Å². The van der Waals surface area contributed by atoms with Gasteiger partial charge >= 0.3 is 0 Å². The molecule has 0 aromatic heterocycles. The molecule has 0 bridgehead atoms. The number of hydrogen-bond acceptors (Lipinski definition) is 3. The summed E-state index contributed by atoms with van der Waals surface area (Å²) in [6.07, 6.45) is 3.52. The predicted molar refractivity (Wildman–Crippen MR) is 76.2 cm³/mol. The highest BCUT2D eigenvalue weighted by molar-refractivity contribution is 9.11. The Kier molecular flexibility index (Phi) is 5.73. The van der Waals surface area contributed by atoms with Gasteiger partial charge in [-0.25, -0.2) is 9.38 Å². The van der Waals surface area contributed by atoms with Crippen LogP contribution in [0.4, 0.5) is 10.1 Å². The second kappa shape index (κ2) is 6.59. The fraction of sp³-hybridized carbons (Fsp3) is 0.111. The van der Waals surface area contributed by atoms with Gasteiger partial charge in [-0.1, -0.05) is 23.4 Å². The van der Waals surface area contributed by atoms with E-state index in [0.717, 1.165) is 0 Å². The molecule has 1 N–H and O–H groups in total. The van der Waals surface area contributed by atoms with Crippen LogP contribution in [-0.4, -0.2) is 11.4 Å². The molecular weight excluding hydrogens is 396 g/mol. The SMILES string of the molecule is CSC(=Nc1c(Br)cc(F)c(Cl)c1Br)NC#N. The number of nitriles is 1. The van der Waals surface area contributed by atoms with Crippen LogP contribution in [0, 0.1) is 17.3 Å². The van der Waals surface area contributed by atoms with Crippen molar-refractivity contribution >= 4 is 66.1 Å². The Morgan fingerprint density at radius 1 is 1.65 bits per heavy atom. The Hall–Kier alpha value is -0.290.